The molecule has 7 heteroatoms. The van der Waals surface area contributed by atoms with E-state index in [1.165, 1.54) is 43.9 Å². The van der Waals surface area contributed by atoms with Gasteiger partial charge in [-0.15, -0.1) is 10.2 Å². The average Bonchev–Trinajstić information content (AvgIpc) is 2.99. The maximum atomic E-state index is 12.6. The Morgan fingerprint density at radius 2 is 1.80 bits per heavy atom. The zero-order valence-corrected chi connectivity index (χ0v) is 17.6. The minimum atomic E-state index is 0.199. The first kappa shape index (κ1) is 20.5. The lowest BCUT2D eigenvalue weighted by Gasteiger charge is -2.26. The molecule has 0 aliphatic heterocycles. The number of rotatable bonds is 9. The van der Waals surface area contributed by atoms with Crippen molar-refractivity contribution in [3.8, 4) is 0 Å². The molecule has 1 aliphatic rings. The van der Waals surface area contributed by atoms with Crippen LogP contribution >= 0.6 is 23.1 Å². The third kappa shape index (κ3) is 7.52. The van der Waals surface area contributed by atoms with Crippen molar-refractivity contribution >= 4 is 34.1 Å². The van der Waals surface area contributed by atoms with Gasteiger partial charge in [0.15, 0.2) is 4.34 Å². The summed E-state index contributed by atoms with van der Waals surface area (Å²) >= 11 is 3.07. The SMILES string of the molecule is CC(C)CN(CC(C)C)C(=O)CSc1nnc(NC2CCCCC2)s1. The molecule has 5 nitrogen and oxygen atoms in total. The molecule has 0 radical (unpaired) electrons. The highest BCUT2D eigenvalue weighted by molar-refractivity contribution is 8.01. The van der Waals surface area contributed by atoms with Gasteiger partial charge in [0.05, 0.1) is 5.75 Å². The van der Waals surface area contributed by atoms with E-state index in [9.17, 15) is 4.79 Å². The number of amides is 1. The van der Waals surface area contributed by atoms with E-state index in [0.717, 1.165) is 22.6 Å². The van der Waals surface area contributed by atoms with Crippen molar-refractivity contribution in [1.82, 2.24) is 15.1 Å². The van der Waals surface area contributed by atoms with Crippen molar-refractivity contribution in [2.24, 2.45) is 11.8 Å². The van der Waals surface area contributed by atoms with Crippen LogP contribution in [0.25, 0.3) is 0 Å². The van der Waals surface area contributed by atoms with E-state index in [1.807, 2.05) is 4.90 Å². The molecule has 0 saturated heterocycles. The van der Waals surface area contributed by atoms with Gasteiger partial charge in [-0.2, -0.15) is 0 Å². The molecule has 1 saturated carbocycles. The molecule has 0 aromatic carbocycles. The largest absolute Gasteiger partial charge is 0.357 e. The molecule has 1 aromatic heterocycles. The number of hydrogen-bond donors (Lipinski definition) is 1. The Hall–Kier alpha value is -0.820. The Balaban J connectivity index is 1.81. The molecule has 1 amide bonds. The van der Waals surface area contributed by atoms with E-state index in [2.05, 4.69) is 43.2 Å². The van der Waals surface area contributed by atoms with Crippen molar-refractivity contribution in [2.75, 3.05) is 24.2 Å². The lowest BCUT2D eigenvalue weighted by Crippen LogP contribution is -2.38. The van der Waals surface area contributed by atoms with Gasteiger partial charge >= 0.3 is 0 Å². The van der Waals surface area contributed by atoms with Gasteiger partial charge in [-0.25, -0.2) is 0 Å². The molecule has 1 heterocycles. The number of hydrogen-bond acceptors (Lipinski definition) is 6. The molecule has 0 atom stereocenters. The molecule has 142 valence electrons. The molecule has 2 rings (SSSR count). The Kier molecular flexibility index (Phi) is 8.49. The molecule has 1 aliphatic carbocycles. The number of carbonyl (C=O) groups is 1. The van der Waals surface area contributed by atoms with Crippen molar-refractivity contribution in [1.29, 1.82) is 0 Å². The van der Waals surface area contributed by atoms with Crippen LogP contribution in [0.4, 0.5) is 5.13 Å². The van der Waals surface area contributed by atoms with E-state index >= 15 is 0 Å². The van der Waals surface area contributed by atoms with Gasteiger partial charge in [0.1, 0.15) is 0 Å². The van der Waals surface area contributed by atoms with Crippen LogP contribution in [0.3, 0.4) is 0 Å². The first-order chi connectivity index (χ1) is 11.9. The summed E-state index contributed by atoms with van der Waals surface area (Å²) in [5, 5.41) is 12.9. The summed E-state index contributed by atoms with van der Waals surface area (Å²) in [7, 11) is 0. The maximum Gasteiger partial charge on any atom is 0.233 e. The summed E-state index contributed by atoms with van der Waals surface area (Å²) in [6.45, 7) is 10.3. The maximum absolute atomic E-state index is 12.6. The van der Waals surface area contributed by atoms with Crippen LogP contribution in [0.1, 0.15) is 59.8 Å². The van der Waals surface area contributed by atoms with Crippen LogP contribution in [0.15, 0.2) is 4.34 Å². The Bertz CT molecular complexity index is 517. The van der Waals surface area contributed by atoms with Crippen LogP contribution in [0.2, 0.25) is 0 Å². The molecule has 1 N–H and O–H groups in total. The fraction of sp³-hybridized carbons (Fsp3) is 0.833. The van der Waals surface area contributed by atoms with E-state index in [0.29, 0.717) is 23.6 Å². The normalized spacial score (nSPS) is 15.8. The zero-order chi connectivity index (χ0) is 18.2. The zero-order valence-electron chi connectivity index (χ0n) is 16.0. The predicted molar refractivity (Wildman–Crippen MR) is 107 cm³/mol. The van der Waals surface area contributed by atoms with Crippen molar-refractivity contribution in [2.45, 2.75) is 70.2 Å². The topological polar surface area (TPSA) is 58.1 Å². The van der Waals surface area contributed by atoms with Gasteiger partial charge in [0.2, 0.25) is 11.0 Å². The Labute approximate surface area is 160 Å². The molecule has 0 bridgehead atoms. The van der Waals surface area contributed by atoms with Gasteiger partial charge in [-0.1, -0.05) is 70.1 Å². The molecule has 25 heavy (non-hydrogen) atoms. The van der Waals surface area contributed by atoms with Crippen LogP contribution in [-0.2, 0) is 4.79 Å². The third-order valence-corrected chi connectivity index (χ3v) is 6.15. The second kappa shape index (κ2) is 10.4. The summed E-state index contributed by atoms with van der Waals surface area (Å²) in [4.78, 5) is 14.5. The summed E-state index contributed by atoms with van der Waals surface area (Å²) in [6.07, 6.45) is 6.39. The first-order valence-corrected chi connectivity index (χ1v) is 11.2. The molecule has 0 spiro atoms. The Morgan fingerprint density at radius 1 is 1.16 bits per heavy atom. The minimum absolute atomic E-state index is 0.199. The second-order valence-electron chi connectivity index (χ2n) is 7.73. The highest BCUT2D eigenvalue weighted by Gasteiger charge is 2.18. The smallest absolute Gasteiger partial charge is 0.233 e. The van der Waals surface area contributed by atoms with Crippen molar-refractivity contribution < 1.29 is 4.79 Å². The number of carbonyl (C=O) groups excluding carboxylic acids is 1. The Morgan fingerprint density at radius 3 is 2.40 bits per heavy atom. The first-order valence-electron chi connectivity index (χ1n) is 9.44. The van der Waals surface area contributed by atoms with Gasteiger partial charge in [-0.3, -0.25) is 4.79 Å². The quantitative estimate of drug-likeness (QED) is 0.635. The lowest BCUT2D eigenvalue weighted by atomic mass is 9.96. The van der Waals surface area contributed by atoms with Crippen molar-refractivity contribution in [3.05, 3.63) is 0 Å². The van der Waals surface area contributed by atoms with Gasteiger partial charge in [-0.05, 0) is 24.7 Å². The van der Waals surface area contributed by atoms with E-state index in [1.54, 1.807) is 11.3 Å². The van der Waals surface area contributed by atoms with Crippen LogP contribution < -0.4 is 5.32 Å². The molecule has 1 fully saturated rings. The summed E-state index contributed by atoms with van der Waals surface area (Å²) in [5.74, 6) is 1.61. The van der Waals surface area contributed by atoms with E-state index in [4.69, 9.17) is 0 Å². The fourth-order valence-corrected chi connectivity index (χ4v) is 4.85. The number of nitrogens with one attached hydrogen (secondary N) is 1. The number of anilines is 1. The van der Waals surface area contributed by atoms with E-state index in [-0.39, 0.29) is 5.91 Å². The monoisotopic (exact) mass is 384 g/mol. The average molecular weight is 385 g/mol. The third-order valence-electron chi connectivity index (χ3n) is 4.18. The fourth-order valence-electron chi connectivity index (χ4n) is 3.12. The standard InChI is InChI=1S/C18H32N4OS2/c1-13(2)10-22(11-14(3)4)16(23)12-24-18-21-20-17(25-18)19-15-8-6-5-7-9-15/h13-15H,5-12H2,1-4H3,(H,19,20). The summed E-state index contributed by atoms with van der Waals surface area (Å²) < 4.78 is 0.876. The van der Waals surface area contributed by atoms with Crippen LogP contribution in [0.5, 0.6) is 0 Å². The minimum Gasteiger partial charge on any atom is -0.357 e. The van der Waals surface area contributed by atoms with Crippen LogP contribution in [-0.4, -0.2) is 45.9 Å². The lowest BCUT2D eigenvalue weighted by molar-refractivity contribution is -0.129. The number of thioether (sulfide) groups is 1. The number of aromatic nitrogens is 2. The van der Waals surface area contributed by atoms with Gasteiger partial charge < -0.3 is 10.2 Å². The highest BCUT2D eigenvalue weighted by Crippen LogP contribution is 2.28. The van der Waals surface area contributed by atoms with E-state index < -0.39 is 0 Å². The molecular weight excluding hydrogens is 352 g/mol. The van der Waals surface area contributed by atoms with Gasteiger partial charge in [0, 0.05) is 19.1 Å². The second-order valence-corrected chi connectivity index (χ2v) is 9.93. The van der Waals surface area contributed by atoms with Gasteiger partial charge in [0.25, 0.3) is 0 Å². The predicted octanol–water partition coefficient (Wildman–Crippen LogP) is 4.52. The highest BCUT2D eigenvalue weighted by atomic mass is 32.2. The molecule has 1 aromatic rings. The molecule has 0 unspecified atom stereocenters. The van der Waals surface area contributed by atoms with Crippen LogP contribution in [0, 0.1) is 11.8 Å². The summed E-state index contributed by atoms with van der Waals surface area (Å²) in [5.41, 5.74) is 0. The molecular formula is C18H32N4OS2. The summed E-state index contributed by atoms with van der Waals surface area (Å²) in [6, 6.07) is 0.536. The number of nitrogens with zero attached hydrogens (tertiary/aromatic N) is 3. The van der Waals surface area contributed by atoms with Crippen molar-refractivity contribution in [3.63, 3.8) is 0 Å².